The molecule has 2 N–H and O–H groups in total. The van der Waals surface area contributed by atoms with E-state index in [2.05, 4.69) is 15.4 Å². The van der Waals surface area contributed by atoms with Gasteiger partial charge < -0.3 is 20.1 Å². The molecule has 0 aliphatic heterocycles. The van der Waals surface area contributed by atoms with E-state index in [1.165, 1.54) is 7.11 Å². The van der Waals surface area contributed by atoms with Gasteiger partial charge in [0.1, 0.15) is 11.4 Å². The summed E-state index contributed by atoms with van der Waals surface area (Å²) in [7, 11) is 3.44. The predicted octanol–water partition coefficient (Wildman–Crippen LogP) is 3.44. The second-order valence-corrected chi connectivity index (χ2v) is 10.7. The van der Waals surface area contributed by atoms with Gasteiger partial charge in [-0.15, -0.1) is 0 Å². The number of fused-ring (bicyclic) bond motifs is 2. The first kappa shape index (κ1) is 25.3. The fourth-order valence-corrected chi connectivity index (χ4v) is 6.07. The molecule has 1 aromatic carbocycles. The van der Waals surface area contributed by atoms with Crippen LogP contribution in [0.1, 0.15) is 61.3 Å². The lowest BCUT2D eigenvalue weighted by atomic mass is 9.89. The standard InChI is InChI=1S/C28H33N7O4/c1-33(28(38)17-4-9-21(36)12-17)19-5-7-20(8-6-19)35-16-18-13-22(25(39-2)14-23(18)32-35)27(37)31-24-15-30-34-11-3-10-29-26(24)34/h3,10-11,13-17,19-21,36H,4-9,12H2,1-2H3,(H,31,37)/t17-,19?,20?,21-/m1/s1. The Morgan fingerprint density at radius 1 is 1.15 bits per heavy atom. The van der Waals surface area contributed by atoms with Gasteiger partial charge in [-0.2, -0.15) is 10.2 Å². The number of amides is 2. The highest BCUT2D eigenvalue weighted by molar-refractivity contribution is 6.09. The van der Waals surface area contributed by atoms with Crippen LogP contribution in [0.3, 0.4) is 0 Å². The number of carbonyl (C=O) groups is 2. The van der Waals surface area contributed by atoms with Gasteiger partial charge in [-0.3, -0.25) is 14.3 Å². The zero-order chi connectivity index (χ0) is 27.1. The topological polar surface area (TPSA) is 127 Å². The fraction of sp³-hybridized carbons (Fsp3) is 0.464. The molecule has 0 radical (unpaired) electrons. The number of hydrogen-bond acceptors (Lipinski definition) is 7. The summed E-state index contributed by atoms with van der Waals surface area (Å²) in [6.45, 7) is 0. The molecule has 204 valence electrons. The Hall–Kier alpha value is -3.99. The SMILES string of the molecule is COc1cc2nn(C3CCC(N(C)C(=O)[C@@H]4CC[C@@H](O)C4)CC3)cc2cc1C(=O)Nc1cnn2cccnc12. The number of ether oxygens (including phenoxy) is 1. The summed E-state index contributed by atoms with van der Waals surface area (Å²) in [5, 5.41) is 22.6. The van der Waals surface area contributed by atoms with Gasteiger partial charge in [0.15, 0.2) is 5.65 Å². The average Bonchev–Trinajstić information content (AvgIpc) is 3.70. The molecule has 6 rings (SSSR count). The van der Waals surface area contributed by atoms with E-state index in [-0.39, 0.29) is 35.9 Å². The van der Waals surface area contributed by atoms with Crippen molar-refractivity contribution in [1.29, 1.82) is 0 Å². The molecule has 3 heterocycles. The van der Waals surface area contributed by atoms with Crippen LogP contribution in [0.5, 0.6) is 5.75 Å². The number of methoxy groups -OCH3 is 1. The number of hydrogen-bond donors (Lipinski definition) is 2. The Morgan fingerprint density at radius 3 is 2.72 bits per heavy atom. The van der Waals surface area contributed by atoms with Crippen molar-refractivity contribution >= 4 is 34.1 Å². The number of carbonyl (C=O) groups excluding carboxylic acids is 2. The molecule has 4 aromatic rings. The molecule has 39 heavy (non-hydrogen) atoms. The van der Waals surface area contributed by atoms with Crippen LogP contribution in [0.25, 0.3) is 16.6 Å². The Labute approximate surface area is 225 Å². The highest BCUT2D eigenvalue weighted by Gasteiger charge is 2.34. The number of nitrogens with one attached hydrogen (secondary N) is 1. The van der Waals surface area contributed by atoms with Gasteiger partial charge in [-0.05, 0) is 57.1 Å². The smallest absolute Gasteiger partial charge is 0.259 e. The van der Waals surface area contributed by atoms with Gasteiger partial charge in [-0.25, -0.2) is 9.50 Å². The normalized spacial score (nSPS) is 23.3. The van der Waals surface area contributed by atoms with Crippen LogP contribution in [0, 0.1) is 5.92 Å². The van der Waals surface area contributed by atoms with E-state index in [0.29, 0.717) is 29.1 Å². The minimum absolute atomic E-state index is 0.0513. The first-order chi connectivity index (χ1) is 18.9. The quantitative estimate of drug-likeness (QED) is 0.390. The van der Waals surface area contributed by atoms with Crippen LogP contribution in [-0.2, 0) is 4.79 Å². The Bertz CT molecular complexity index is 1520. The van der Waals surface area contributed by atoms with Gasteiger partial charge in [0.25, 0.3) is 5.91 Å². The highest BCUT2D eigenvalue weighted by atomic mass is 16.5. The number of nitrogens with zero attached hydrogens (tertiary/aromatic N) is 6. The number of rotatable bonds is 6. The third-order valence-corrected chi connectivity index (χ3v) is 8.31. The Kier molecular flexibility index (Phi) is 6.68. The molecule has 0 spiro atoms. The van der Waals surface area contributed by atoms with E-state index >= 15 is 0 Å². The van der Waals surface area contributed by atoms with Crippen molar-refractivity contribution in [1.82, 2.24) is 29.3 Å². The summed E-state index contributed by atoms with van der Waals surface area (Å²) in [5.41, 5.74) is 2.24. The summed E-state index contributed by atoms with van der Waals surface area (Å²) >= 11 is 0. The van der Waals surface area contributed by atoms with Crippen molar-refractivity contribution in [3.63, 3.8) is 0 Å². The van der Waals surface area contributed by atoms with Crippen LogP contribution in [0.4, 0.5) is 5.69 Å². The summed E-state index contributed by atoms with van der Waals surface area (Å²) < 4.78 is 9.14. The summed E-state index contributed by atoms with van der Waals surface area (Å²) in [4.78, 5) is 32.3. The molecule has 11 heteroatoms. The lowest BCUT2D eigenvalue weighted by Gasteiger charge is -2.36. The van der Waals surface area contributed by atoms with E-state index in [4.69, 9.17) is 9.84 Å². The average molecular weight is 532 g/mol. The largest absolute Gasteiger partial charge is 0.496 e. The minimum Gasteiger partial charge on any atom is -0.496 e. The van der Waals surface area contributed by atoms with Crippen LogP contribution >= 0.6 is 0 Å². The number of benzene rings is 1. The second kappa shape index (κ2) is 10.3. The van der Waals surface area contributed by atoms with Crippen LogP contribution < -0.4 is 10.1 Å². The molecule has 0 unspecified atom stereocenters. The molecular formula is C28H33N7O4. The molecule has 2 saturated carbocycles. The maximum atomic E-state index is 13.2. The van der Waals surface area contributed by atoms with Gasteiger partial charge in [0, 0.05) is 49.1 Å². The molecule has 2 aliphatic rings. The lowest BCUT2D eigenvalue weighted by Crippen LogP contribution is -2.42. The van der Waals surface area contributed by atoms with E-state index in [1.54, 1.807) is 41.3 Å². The lowest BCUT2D eigenvalue weighted by molar-refractivity contribution is -0.137. The molecule has 0 saturated heterocycles. The zero-order valence-corrected chi connectivity index (χ0v) is 22.2. The summed E-state index contributed by atoms with van der Waals surface area (Å²) in [6.07, 6.45) is 12.3. The number of aliphatic hydroxyl groups is 1. The van der Waals surface area contributed by atoms with Gasteiger partial charge >= 0.3 is 0 Å². The highest BCUT2D eigenvalue weighted by Crippen LogP contribution is 2.35. The predicted molar refractivity (Wildman–Crippen MR) is 145 cm³/mol. The van der Waals surface area contributed by atoms with Gasteiger partial charge in [0.05, 0.1) is 36.5 Å². The molecule has 2 fully saturated rings. The molecule has 11 nitrogen and oxygen atoms in total. The second-order valence-electron chi connectivity index (χ2n) is 10.7. The molecule has 2 aliphatic carbocycles. The number of aliphatic hydroxyl groups excluding tert-OH is 1. The van der Waals surface area contributed by atoms with Crippen molar-refractivity contribution < 1.29 is 19.4 Å². The molecule has 2 amide bonds. The van der Waals surface area contributed by atoms with Crippen LogP contribution in [0.2, 0.25) is 0 Å². The molecule has 3 aromatic heterocycles. The maximum absolute atomic E-state index is 13.2. The van der Waals surface area contributed by atoms with Crippen molar-refractivity contribution in [2.75, 3.05) is 19.5 Å². The third-order valence-electron chi connectivity index (χ3n) is 8.31. The first-order valence-electron chi connectivity index (χ1n) is 13.5. The molecule has 0 bridgehead atoms. The Balaban J connectivity index is 1.15. The van der Waals surface area contributed by atoms with Crippen LogP contribution in [-0.4, -0.2) is 72.5 Å². The van der Waals surface area contributed by atoms with Crippen molar-refractivity contribution in [2.24, 2.45) is 5.92 Å². The van der Waals surface area contributed by atoms with Gasteiger partial charge in [0.2, 0.25) is 5.91 Å². The van der Waals surface area contributed by atoms with E-state index in [0.717, 1.165) is 49.4 Å². The fourth-order valence-electron chi connectivity index (χ4n) is 6.07. The first-order valence-corrected chi connectivity index (χ1v) is 13.5. The van der Waals surface area contributed by atoms with Gasteiger partial charge in [-0.1, -0.05) is 0 Å². The molecular weight excluding hydrogens is 498 g/mol. The third kappa shape index (κ3) is 4.82. The van der Waals surface area contributed by atoms with Crippen molar-refractivity contribution in [3.8, 4) is 5.75 Å². The van der Waals surface area contributed by atoms with Crippen molar-refractivity contribution in [2.45, 2.75) is 63.1 Å². The van der Waals surface area contributed by atoms with Crippen LogP contribution in [0.15, 0.2) is 43.0 Å². The summed E-state index contributed by atoms with van der Waals surface area (Å²) in [5.74, 6) is 0.239. The van der Waals surface area contributed by atoms with Crippen molar-refractivity contribution in [3.05, 3.63) is 48.5 Å². The van der Waals surface area contributed by atoms with E-state index < -0.39 is 0 Å². The van der Waals surface area contributed by atoms with E-state index in [9.17, 15) is 14.7 Å². The number of aromatic nitrogens is 5. The molecule has 2 atom stereocenters. The summed E-state index contributed by atoms with van der Waals surface area (Å²) in [6, 6.07) is 5.80. The minimum atomic E-state index is -0.342. The Morgan fingerprint density at radius 2 is 1.97 bits per heavy atom. The monoisotopic (exact) mass is 531 g/mol. The maximum Gasteiger partial charge on any atom is 0.259 e. The van der Waals surface area contributed by atoms with E-state index in [1.807, 2.05) is 22.8 Å². The zero-order valence-electron chi connectivity index (χ0n) is 22.2. The number of anilines is 1.